The highest BCUT2D eigenvalue weighted by Gasteiger charge is 2.30. The minimum Gasteiger partial charge on any atom is -0.486 e. The van der Waals surface area contributed by atoms with Crippen LogP contribution in [0.25, 0.3) is 0 Å². The van der Waals surface area contributed by atoms with Crippen molar-refractivity contribution in [1.29, 1.82) is 0 Å². The zero-order valence-corrected chi connectivity index (χ0v) is 15.9. The highest BCUT2D eigenvalue weighted by Crippen LogP contribution is 2.33. The Morgan fingerprint density at radius 2 is 1.75 bits per heavy atom. The molecule has 0 bridgehead atoms. The lowest BCUT2D eigenvalue weighted by molar-refractivity contribution is -0.116. The highest BCUT2D eigenvalue weighted by atomic mass is 32.2. The Bertz CT molecular complexity index is 1010. The van der Waals surface area contributed by atoms with Gasteiger partial charge in [0.1, 0.15) is 19.3 Å². The normalized spacial score (nSPS) is 14.3. The van der Waals surface area contributed by atoms with Crippen molar-refractivity contribution in [2.24, 2.45) is 0 Å². The molecule has 0 saturated heterocycles. The second-order valence-electron chi connectivity index (χ2n) is 6.18. The predicted octanol–water partition coefficient (Wildman–Crippen LogP) is 2.53. The Morgan fingerprint density at radius 3 is 2.39 bits per heavy atom. The molecule has 0 spiro atoms. The van der Waals surface area contributed by atoms with Crippen LogP contribution in [-0.4, -0.2) is 39.8 Å². The summed E-state index contributed by atoms with van der Waals surface area (Å²) in [6, 6.07) is 6.15. The first-order chi connectivity index (χ1) is 13.2. The Kier molecular flexibility index (Phi) is 5.41. The van der Waals surface area contributed by atoms with Gasteiger partial charge in [0, 0.05) is 17.8 Å². The molecule has 2 aromatic rings. The van der Waals surface area contributed by atoms with Crippen LogP contribution in [0.4, 0.5) is 20.2 Å². The first-order valence-electron chi connectivity index (χ1n) is 8.32. The quantitative estimate of drug-likeness (QED) is 0.816. The maximum absolute atomic E-state index is 13.6. The molecule has 1 atom stereocenters. The van der Waals surface area contributed by atoms with E-state index in [1.54, 1.807) is 18.2 Å². The number of nitrogens with one attached hydrogen (secondary N) is 1. The molecule has 0 fully saturated rings. The van der Waals surface area contributed by atoms with E-state index in [9.17, 15) is 22.0 Å². The van der Waals surface area contributed by atoms with Crippen molar-refractivity contribution < 1.29 is 31.5 Å². The zero-order chi connectivity index (χ0) is 20.5. The van der Waals surface area contributed by atoms with Gasteiger partial charge in [-0.05, 0) is 31.2 Å². The molecule has 150 valence electrons. The van der Waals surface area contributed by atoms with Gasteiger partial charge in [-0.15, -0.1) is 0 Å². The summed E-state index contributed by atoms with van der Waals surface area (Å²) in [5, 5.41) is 2.59. The summed E-state index contributed by atoms with van der Waals surface area (Å²) in [7, 11) is -3.96. The third kappa shape index (κ3) is 4.16. The van der Waals surface area contributed by atoms with Crippen molar-refractivity contribution in [2.45, 2.75) is 13.0 Å². The number of anilines is 2. The maximum atomic E-state index is 13.6. The lowest BCUT2D eigenvalue weighted by atomic mass is 10.2. The average Bonchev–Trinajstić information content (AvgIpc) is 2.63. The number of benzene rings is 2. The van der Waals surface area contributed by atoms with Crippen LogP contribution < -0.4 is 19.1 Å². The van der Waals surface area contributed by atoms with E-state index in [0.29, 0.717) is 30.4 Å². The average molecular weight is 412 g/mol. The van der Waals surface area contributed by atoms with Crippen LogP contribution in [0.1, 0.15) is 6.92 Å². The van der Waals surface area contributed by atoms with Crippen LogP contribution in [0.15, 0.2) is 36.4 Å². The molecule has 0 aromatic heterocycles. The molecule has 1 amide bonds. The standard InChI is InChI=1S/C18H18F2N2O5S/c1-11(22(28(2,24)25)13-4-5-14(19)15(20)10-13)18(23)21-12-3-6-16-17(9-12)27-8-7-26-16/h3-6,9-11H,7-8H2,1-2H3,(H,21,23)/t11-/m1/s1. The van der Waals surface area contributed by atoms with Crippen LogP contribution >= 0.6 is 0 Å². The molecule has 2 aromatic carbocycles. The molecule has 0 aliphatic carbocycles. The Morgan fingerprint density at radius 1 is 1.07 bits per heavy atom. The monoisotopic (exact) mass is 412 g/mol. The number of rotatable bonds is 5. The van der Waals surface area contributed by atoms with E-state index in [1.807, 2.05) is 0 Å². The summed E-state index contributed by atoms with van der Waals surface area (Å²) in [4.78, 5) is 12.6. The second kappa shape index (κ2) is 7.63. The van der Waals surface area contributed by atoms with Gasteiger partial charge in [0.05, 0.1) is 11.9 Å². The Labute approximate surface area is 160 Å². The summed E-state index contributed by atoms with van der Waals surface area (Å²) in [6.07, 6.45) is 0.877. The maximum Gasteiger partial charge on any atom is 0.247 e. The molecule has 0 unspecified atom stereocenters. The molecule has 1 N–H and O–H groups in total. The fraction of sp³-hybridized carbons (Fsp3) is 0.278. The number of ether oxygens (including phenoxy) is 2. The number of carbonyl (C=O) groups is 1. The van der Waals surface area contributed by atoms with Gasteiger partial charge in [-0.1, -0.05) is 0 Å². The van der Waals surface area contributed by atoms with Gasteiger partial charge in [0.2, 0.25) is 15.9 Å². The molecule has 7 nitrogen and oxygen atoms in total. The molecular weight excluding hydrogens is 394 g/mol. The Balaban J connectivity index is 1.85. The van der Waals surface area contributed by atoms with Crippen LogP contribution in [0, 0.1) is 11.6 Å². The number of halogens is 2. The van der Waals surface area contributed by atoms with Crippen molar-refractivity contribution in [2.75, 3.05) is 29.1 Å². The van der Waals surface area contributed by atoms with Crippen LogP contribution in [0.5, 0.6) is 11.5 Å². The smallest absolute Gasteiger partial charge is 0.247 e. The molecule has 0 saturated carbocycles. The first kappa shape index (κ1) is 19.9. The van der Waals surface area contributed by atoms with Crippen molar-refractivity contribution in [3.63, 3.8) is 0 Å². The lowest BCUT2D eigenvalue weighted by Crippen LogP contribution is -2.45. The number of nitrogens with zero attached hydrogens (tertiary/aromatic N) is 1. The van der Waals surface area contributed by atoms with E-state index in [-0.39, 0.29) is 5.69 Å². The van der Waals surface area contributed by atoms with Gasteiger partial charge < -0.3 is 14.8 Å². The Hall–Kier alpha value is -2.88. The van der Waals surface area contributed by atoms with E-state index in [1.165, 1.54) is 6.92 Å². The highest BCUT2D eigenvalue weighted by molar-refractivity contribution is 7.92. The van der Waals surface area contributed by atoms with Gasteiger partial charge in [-0.3, -0.25) is 9.10 Å². The molecule has 0 radical (unpaired) electrons. The minimum absolute atomic E-state index is 0.161. The number of amides is 1. The number of hydrogen-bond acceptors (Lipinski definition) is 5. The fourth-order valence-corrected chi connectivity index (χ4v) is 3.97. The largest absolute Gasteiger partial charge is 0.486 e. The third-order valence-electron chi connectivity index (χ3n) is 4.06. The van der Waals surface area contributed by atoms with E-state index in [2.05, 4.69) is 5.32 Å². The first-order valence-corrected chi connectivity index (χ1v) is 10.2. The molecule has 3 rings (SSSR count). The van der Waals surface area contributed by atoms with Crippen molar-refractivity contribution in [3.8, 4) is 11.5 Å². The van der Waals surface area contributed by atoms with Gasteiger partial charge >= 0.3 is 0 Å². The third-order valence-corrected chi connectivity index (χ3v) is 5.30. The fourth-order valence-electron chi connectivity index (χ4n) is 2.80. The molecule has 1 aliphatic heterocycles. The van der Waals surface area contributed by atoms with E-state index in [0.717, 1.165) is 28.8 Å². The van der Waals surface area contributed by atoms with Crippen molar-refractivity contribution in [1.82, 2.24) is 0 Å². The van der Waals surface area contributed by atoms with Crippen LogP contribution in [0.2, 0.25) is 0 Å². The molecule has 1 heterocycles. The minimum atomic E-state index is -3.96. The van der Waals surface area contributed by atoms with Gasteiger partial charge in [0.25, 0.3) is 0 Å². The number of hydrogen-bond donors (Lipinski definition) is 1. The van der Waals surface area contributed by atoms with Gasteiger partial charge in [0.15, 0.2) is 23.1 Å². The summed E-state index contributed by atoms with van der Waals surface area (Å²) in [5.41, 5.74) is 0.214. The molecule has 1 aliphatic rings. The lowest BCUT2D eigenvalue weighted by Gasteiger charge is -2.28. The number of carbonyl (C=O) groups excluding carboxylic acids is 1. The number of sulfonamides is 1. The summed E-state index contributed by atoms with van der Waals surface area (Å²) < 4.78 is 62.8. The molecular formula is C18H18F2N2O5S. The molecule has 10 heteroatoms. The van der Waals surface area contributed by atoms with E-state index < -0.39 is 33.6 Å². The van der Waals surface area contributed by atoms with Crippen LogP contribution in [-0.2, 0) is 14.8 Å². The van der Waals surface area contributed by atoms with Crippen molar-refractivity contribution >= 4 is 27.3 Å². The van der Waals surface area contributed by atoms with E-state index >= 15 is 0 Å². The number of fused-ring (bicyclic) bond motifs is 1. The van der Waals surface area contributed by atoms with Gasteiger partial charge in [-0.2, -0.15) is 0 Å². The van der Waals surface area contributed by atoms with E-state index in [4.69, 9.17) is 9.47 Å². The zero-order valence-electron chi connectivity index (χ0n) is 15.1. The summed E-state index contributed by atoms with van der Waals surface area (Å²) >= 11 is 0. The second-order valence-corrected chi connectivity index (χ2v) is 8.04. The molecule has 28 heavy (non-hydrogen) atoms. The topological polar surface area (TPSA) is 84.9 Å². The van der Waals surface area contributed by atoms with Gasteiger partial charge in [-0.25, -0.2) is 17.2 Å². The van der Waals surface area contributed by atoms with Crippen LogP contribution in [0.3, 0.4) is 0 Å². The van der Waals surface area contributed by atoms with Crippen molar-refractivity contribution in [3.05, 3.63) is 48.0 Å². The predicted molar refractivity (Wildman–Crippen MR) is 99.2 cm³/mol. The SMILES string of the molecule is C[C@H](C(=O)Nc1ccc2c(c1)OCCO2)N(c1ccc(F)c(F)c1)S(C)(=O)=O. The summed E-state index contributed by atoms with van der Waals surface area (Å²) in [5.74, 6) is -2.00. The summed E-state index contributed by atoms with van der Waals surface area (Å²) in [6.45, 7) is 2.14.